The van der Waals surface area contributed by atoms with Gasteiger partial charge in [0, 0.05) is 13.0 Å². The minimum atomic E-state index is -0.852. The molecule has 0 bridgehead atoms. The molecule has 0 aromatic heterocycles. The average Bonchev–Trinajstić information content (AvgIpc) is 2.47. The van der Waals surface area contributed by atoms with Gasteiger partial charge in [0.1, 0.15) is 0 Å². The van der Waals surface area contributed by atoms with Crippen LogP contribution in [0.15, 0.2) is 18.2 Å². The van der Waals surface area contributed by atoms with E-state index in [-0.39, 0.29) is 12.5 Å². The second kappa shape index (κ2) is 7.97. The minimum absolute atomic E-state index is 0.0903. The second-order valence-corrected chi connectivity index (χ2v) is 6.00. The molecule has 0 heterocycles. The van der Waals surface area contributed by atoms with Gasteiger partial charge in [0.25, 0.3) is 0 Å². The molecule has 0 radical (unpaired) electrons. The highest BCUT2D eigenvalue weighted by atomic mass is 16.4. The number of carboxylic acids is 1. The van der Waals surface area contributed by atoms with Gasteiger partial charge in [-0.25, -0.2) is 0 Å². The summed E-state index contributed by atoms with van der Waals surface area (Å²) < 4.78 is 0. The molecule has 1 aromatic carbocycles. The summed E-state index contributed by atoms with van der Waals surface area (Å²) in [5.74, 6) is -0.931. The van der Waals surface area contributed by atoms with E-state index >= 15 is 0 Å². The monoisotopic (exact) mass is 305 g/mol. The Bertz CT molecular complexity index is 533. The van der Waals surface area contributed by atoms with Crippen molar-refractivity contribution in [2.75, 3.05) is 6.54 Å². The van der Waals surface area contributed by atoms with E-state index in [1.165, 1.54) is 11.1 Å². The fraction of sp³-hybridized carbons (Fsp3) is 0.556. The van der Waals surface area contributed by atoms with Gasteiger partial charge in [-0.15, -0.1) is 0 Å². The average molecular weight is 305 g/mol. The van der Waals surface area contributed by atoms with E-state index < -0.39 is 11.4 Å². The molecule has 1 aromatic rings. The van der Waals surface area contributed by atoms with E-state index in [0.29, 0.717) is 25.7 Å². The van der Waals surface area contributed by atoms with E-state index in [1.54, 1.807) is 0 Å². The Morgan fingerprint density at radius 2 is 1.82 bits per heavy atom. The molecule has 1 amide bonds. The summed E-state index contributed by atoms with van der Waals surface area (Å²) >= 11 is 0. The summed E-state index contributed by atoms with van der Waals surface area (Å²) in [4.78, 5) is 23.4. The Morgan fingerprint density at radius 3 is 2.32 bits per heavy atom. The van der Waals surface area contributed by atoms with Crippen LogP contribution in [-0.2, 0) is 16.0 Å². The topological polar surface area (TPSA) is 66.4 Å². The molecule has 0 unspecified atom stereocenters. The van der Waals surface area contributed by atoms with Crippen LogP contribution < -0.4 is 5.32 Å². The van der Waals surface area contributed by atoms with Gasteiger partial charge in [-0.1, -0.05) is 37.6 Å². The molecule has 0 atom stereocenters. The summed E-state index contributed by atoms with van der Waals surface area (Å²) in [7, 11) is 0. The van der Waals surface area contributed by atoms with Crippen molar-refractivity contribution in [3.63, 3.8) is 0 Å². The molecule has 22 heavy (non-hydrogen) atoms. The zero-order valence-electron chi connectivity index (χ0n) is 14.0. The molecule has 2 N–H and O–H groups in total. The van der Waals surface area contributed by atoms with Crippen molar-refractivity contribution in [3.8, 4) is 0 Å². The van der Waals surface area contributed by atoms with E-state index in [0.717, 1.165) is 5.56 Å². The normalized spacial score (nSPS) is 11.3. The Balaban J connectivity index is 2.54. The Kier molecular flexibility index (Phi) is 6.60. The third-order valence-corrected chi connectivity index (χ3v) is 4.55. The molecule has 122 valence electrons. The molecule has 4 heteroatoms. The van der Waals surface area contributed by atoms with Gasteiger partial charge in [0.05, 0.1) is 5.41 Å². The zero-order valence-corrected chi connectivity index (χ0v) is 14.0. The maximum atomic E-state index is 12.0. The SMILES string of the molecule is CCC(CC)(CNC(=O)CCc1ccc(C)cc1C)C(=O)O. The first kappa shape index (κ1) is 18.2. The maximum Gasteiger partial charge on any atom is 0.311 e. The van der Waals surface area contributed by atoms with Crippen LogP contribution in [0.2, 0.25) is 0 Å². The number of aryl methyl sites for hydroxylation is 3. The van der Waals surface area contributed by atoms with Gasteiger partial charge < -0.3 is 10.4 Å². The van der Waals surface area contributed by atoms with E-state index in [1.807, 2.05) is 33.8 Å². The number of aliphatic carboxylic acids is 1. The maximum absolute atomic E-state index is 12.0. The molecule has 0 fully saturated rings. The van der Waals surface area contributed by atoms with Gasteiger partial charge in [-0.05, 0) is 44.2 Å². The molecule has 0 aliphatic carbocycles. The fourth-order valence-electron chi connectivity index (χ4n) is 2.61. The lowest BCUT2D eigenvalue weighted by Crippen LogP contribution is -2.42. The lowest BCUT2D eigenvalue weighted by Gasteiger charge is -2.26. The number of amides is 1. The van der Waals surface area contributed by atoms with E-state index in [2.05, 4.69) is 17.4 Å². The van der Waals surface area contributed by atoms with Gasteiger partial charge >= 0.3 is 5.97 Å². The third-order valence-electron chi connectivity index (χ3n) is 4.55. The third kappa shape index (κ3) is 4.58. The predicted octanol–water partition coefficient (Wildman–Crippen LogP) is 3.24. The summed E-state index contributed by atoms with van der Waals surface area (Å²) in [6.45, 7) is 7.98. The van der Waals surface area contributed by atoms with E-state index in [9.17, 15) is 14.7 Å². The van der Waals surface area contributed by atoms with Crippen molar-refractivity contribution in [2.45, 2.75) is 53.4 Å². The molecule has 0 saturated heterocycles. The van der Waals surface area contributed by atoms with Crippen LogP contribution in [0.3, 0.4) is 0 Å². The van der Waals surface area contributed by atoms with Crippen LogP contribution in [0, 0.1) is 19.3 Å². The molecule has 0 saturated carbocycles. The summed E-state index contributed by atoms with van der Waals surface area (Å²) in [5.41, 5.74) is 2.71. The number of carbonyl (C=O) groups excluding carboxylic acids is 1. The van der Waals surface area contributed by atoms with Crippen LogP contribution in [-0.4, -0.2) is 23.5 Å². The van der Waals surface area contributed by atoms with E-state index in [4.69, 9.17) is 0 Å². The van der Waals surface area contributed by atoms with Gasteiger partial charge in [-0.2, -0.15) is 0 Å². The summed E-state index contributed by atoms with van der Waals surface area (Å²) in [5, 5.41) is 12.1. The van der Waals surface area contributed by atoms with Gasteiger partial charge in [0.2, 0.25) is 5.91 Å². The zero-order chi connectivity index (χ0) is 16.8. The molecule has 0 aliphatic heterocycles. The van der Waals surface area contributed by atoms with Crippen molar-refractivity contribution >= 4 is 11.9 Å². The summed E-state index contributed by atoms with van der Waals surface area (Å²) in [6.07, 6.45) is 2.08. The molecular weight excluding hydrogens is 278 g/mol. The van der Waals surface area contributed by atoms with Crippen molar-refractivity contribution in [1.82, 2.24) is 5.32 Å². The first-order valence-corrected chi connectivity index (χ1v) is 7.91. The number of benzene rings is 1. The van der Waals surface area contributed by atoms with Crippen LogP contribution in [0.4, 0.5) is 0 Å². The van der Waals surface area contributed by atoms with Crippen LogP contribution in [0.25, 0.3) is 0 Å². The predicted molar refractivity (Wildman–Crippen MR) is 87.9 cm³/mol. The number of rotatable bonds is 8. The fourth-order valence-corrected chi connectivity index (χ4v) is 2.61. The largest absolute Gasteiger partial charge is 0.481 e. The smallest absolute Gasteiger partial charge is 0.311 e. The van der Waals surface area contributed by atoms with Crippen molar-refractivity contribution in [3.05, 3.63) is 34.9 Å². The number of nitrogens with one attached hydrogen (secondary N) is 1. The number of carbonyl (C=O) groups is 2. The van der Waals surface area contributed by atoms with Crippen molar-refractivity contribution in [2.24, 2.45) is 5.41 Å². The van der Waals surface area contributed by atoms with Crippen molar-refractivity contribution < 1.29 is 14.7 Å². The highest BCUT2D eigenvalue weighted by Gasteiger charge is 2.34. The molecule has 0 aliphatic rings. The highest BCUT2D eigenvalue weighted by Crippen LogP contribution is 2.25. The molecule has 1 rings (SSSR count). The minimum Gasteiger partial charge on any atom is -0.481 e. The quantitative estimate of drug-likeness (QED) is 0.775. The number of hydrogen-bond donors (Lipinski definition) is 2. The highest BCUT2D eigenvalue weighted by molar-refractivity contribution is 5.79. The number of hydrogen-bond acceptors (Lipinski definition) is 2. The van der Waals surface area contributed by atoms with Crippen LogP contribution in [0.1, 0.15) is 49.8 Å². The molecule has 0 spiro atoms. The van der Waals surface area contributed by atoms with Gasteiger partial charge in [0.15, 0.2) is 0 Å². The van der Waals surface area contributed by atoms with Crippen LogP contribution >= 0.6 is 0 Å². The lowest BCUT2D eigenvalue weighted by molar-refractivity contribution is -0.149. The summed E-state index contributed by atoms with van der Waals surface area (Å²) in [6, 6.07) is 6.21. The lowest BCUT2D eigenvalue weighted by atomic mass is 9.82. The first-order chi connectivity index (χ1) is 10.3. The Morgan fingerprint density at radius 1 is 1.18 bits per heavy atom. The first-order valence-electron chi connectivity index (χ1n) is 7.91. The molecular formula is C18H27NO3. The number of carboxylic acid groups (broad SMARTS) is 1. The van der Waals surface area contributed by atoms with Crippen LogP contribution in [0.5, 0.6) is 0 Å². The molecule has 4 nitrogen and oxygen atoms in total. The standard InChI is InChI=1S/C18H27NO3/c1-5-18(6-2,17(21)22)12-19-16(20)10-9-15-8-7-13(3)11-14(15)4/h7-8,11H,5-6,9-10,12H2,1-4H3,(H,19,20)(H,21,22). The van der Waals surface area contributed by atoms with Gasteiger partial charge in [-0.3, -0.25) is 9.59 Å². The Labute approximate surface area is 132 Å². The van der Waals surface area contributed by atoms with Crippen molar-refractivity contribution in [1.29, 1.82) is 0 Å². The Hall–Kier alpha value is -1.84. The second-order valence-electron chi connectivity index (χ2n) is 6.00.